The number of hydrogen-bond donors (Lipinski definition) is 0. The Morgan fingerprint density at radius 3 is 2.36 bits per heavy atom. The van der Waals surface area contributed by atoms with Crippen molar-refractivity contribution in [3.8, 4) is 0 Å². The average Bonchev–Trinajstić information content (AvgIpc) is 2.02. The fraction of sp³-hybridized carbons (Fsp3) is 0.600. The van der Waals surface area contributed by atoms with Gasteiger partial charge in [0.25, 0.3) is 0 Å². The summed E-state index contributed by atoms with van der Waals surface area (Å²) in [6.45, 7) is 7.56. The molecule has 0 bridgehead atoms. The highest BCUT2D eigenvalue weighted by atomic mass is 79.9. The molecule has 0 heterocycles. The first kappa shape index (κ1) is 14.8. The lowest BCUT2D eigenvalue weighted by atomic mass is 10.0. The van der Waals surface area contributed by atoms with Gasteiger partial charge in [-0.2, -0.15) is 0 Å². The summed E-state index contributed by atoms with van der Waals surface area (Å²) >= 11 is 21.0. The van der Waals surface area contributed by atoms with Crippen LogP contribution in [-0.4, -0.2) is 9.70 Å². The van der Waals surface area contributed by atoms with Crippen LogP contribution >= 0.6 is 50.7 Å². The molecule has 1 unspecified atom stereocenters. The number of rotatable bonds is 5. The first-order valence-corrected chi connectivity index (χ1v) is 6.37. The highest BCUT2D eigenvalue weighted by Crippen LogP contribution is 2.31. The van der Waals surface area contributed by atoms with E-state index in [0.717, 1.165) is 18.4 Å². The molecule has 0 amide bonds. The minimum atomic E-state index is -0.273. The third kappa shape index (κ3) is 5.65. The molecule has 0 aromatic rings. The Morgan fingerprint density at radius 2 is 2.07 bits per heavy atom. The molecule has 0 spiro atoms. The van der Waals surface area contributed by atoms with E-state index in [1.807, 2.05) is 13.8 Å². The van der Waals surface area contributed by atoms with Crippen molar-refractivity contribution in [1.82, 2.24) is 0 Å². The summed E-state index contributed by atoms with van der Waals surface area (Å²) in [6, 6.07) is 0. The molecule has 0 aliphatic carbocycles. The van der Waals surface area contributed by atoms with Crippen molar-refractivity contribution in [2.45, 2.75) is 36.4 Å². The zero-order chi connectivity index (χ0) is 11.4. The van der Waals surface area contributed by atoms with Gasteiger partial charge in [-0.25, -0.2) is 0 Å². The van der Waals surface area contributed by atoms with Crippen LogP contribution in [-0.2, 0) is 0 Å². The first-order valence-electron chi connectivity index (χ1n) is 4.26. The quantitative estimate of drug-likeness (QED) is 0.468. The van der Waals surface area contributed by atoms with Gasteiger partial charge in [0.1, 0.15) is 0 Å². The number of hydrogen-bond acceptors (Lipinski definition) is 0. The normalized spacial score (nSPS) is 15.4. The molecule has 1 atom stereocenters. The van der Waals surface area contributed by atoms with E-state index in [-0.39, 0.29) is 9.70 Å². The molecule has 4 heteroatoms. The van der Waals surface area contributed by atoms with Crippen molar-refractivity contribution in [3.05, 3.63) is 22.7 Å². The smallest absolute Gasteiger partial charge is 0.0515 e. The van der Waals surface area contributed by atoms with Gasteiger partial charge in [0, 0.05) is 15.4 Å². The molecule has 82 valence electrons. The van der Waals surface area contributed by atoms with Crippen LogP contribution < -0.4 is 0 Å². The second-order valence-electron chi connectivity index (χ2n) is 3.61. The van der Waals surface area contributed by atoms with Gasteiger partial charge in [-0.3, -0.25) is 0 Å². The summed E-state index contributed by atoms with van der Waals surface area (Å²) in [5.41, 5.74) is 2.33. The van der Waals surface area contributed by atoms with Crippen LogP contribution in [0.15, 0.2) is 22.7 Å². The Balaban J connectivity index is 4.13. The maximum absolute atomic E-state index is 6.14. The Kier molecular flexibility index (Phi) is 6.80. The van der Waals surface area contributed by atoms with Gasteiger partial charge < -0.3 is 0 Å². The summed E-state index contributed by atoms with van der Waals surface area (Å²) in [5, 5.41) is 0.493. The van der Waals surface area contributed by atoms with Gasteiger partial charge in [-0.05, 0) is 32.3 Å². The molecular weight excluding hydrogens is 306 g/mol. The van der Waals surface area contributed by atoms with E-state index >= 15 is 0 Å². The zero-order valence-electron chi connectivity index (χ0n) is 8.29. The fourth-order valence-corrected chi connectivity index (χ4v) is 1.66. The van der Waals surface area contributed by atoms with E-state index in [0.29, 0.717) is 5.03 Å². The molecular formula is C10H14BrCl3. The standard InChI is InChI=1S/C10H14BrCl3/c1-7(13)8(6-12)4-5-9(11)10(2,3)14/h6,9H,1,4-5H2,2-3H3/b8-6-. The predicted octanol–water partition coefficient (Wildman–Crippen LogP) is 5.42. The van der Waals surface area contributed by atoms with Crippen LogP contribution in [0.3, 0.4) is 0 Å². The summed E-state index contributed by atoms with van der Waals surface area (Å²) in [7, 11) is 0. The lowest BCUT2D eigenvalue weighted by molar-refractivity contribution is 0.618. The Labute approximate surface area is 109 Å². The van der Waals surface area contributed by atoms with Crippen molar-refractivity contribution >= 4 is 50.7 Å². The second-order valence-corrected chi connectivity index (χ2v) is 6.36. The van der Waals surface area contributed by atoms with Crippen molar-refractivity contribution in [3.63, 3.8) is 0 Å². The monoisotopic (exact) mass is 318 g/mol. The van der Waals surface area contributed by atoms with E-state index in [1.54, 1.807) is 0 Å². The SMILES string of the molecule is C=C(Cl)/C(=C\Cl)CCC(Br)C(C)(C)Cl. The minimum absolute atomic E-state index is 0.222. The van der Waals surface area contributed by atoms with Crippen LogP contribution in [0.5, 0.6) is 0 Å². The molecule has 0 radical (unpaired) electrons. The minimum Gasteiger partial charge on any atom is -0.119 e. The summed E-state index contributed by atoms with van der Waals surface area (Å²) in [5.74, 6) is 0. The van der Waals surface area contributed by atoms with Crippen molar-refractivity contribution in [2.75, 3.05) is 0 Å². The molecule has 0 saturated carbocycles. The van der Waals surface area contributed by atoms with Crippen LogP contribution in [0.1, 0.15) is 26.7 Å². The van der Waals surface area contributed by atoms with E-state index in [1.165, 1.54) is 5.54 Å². The molecule has 0 aliphatic heterocycles. The summed E-state index contributed by atoms with van der Waals surface area (Å²) in [6.07, 6.45) is 1.65. The van der Waals surface area contributed by atoms with Gasteiger partial charge in [0.05, 0.1) is 4.87 Å². The van der Waals surface area contributed by atoms with Crippen LogP contribution in [0.25, 0.3) is 0 Å². The molecule has 0 rings (SSSR count). The second kappa shape index (κ2) is 6.42. The van der Waals surface area contributed by atoms with Crippen molar-refractivity contribution in [1.29, 1.82) is 0 Å². The maximum Gasteiger partial charge on any atom is 0.0515 e. The van der Waals surface area contributed by atoms with Gasteiger partial charge in [-0.1, -0.05) is 45.7 Å². The highest BCUT2D eigenvalue weighted by Gasteiger charge is 2.24. The Hall–Kier alpha value is 0.830. The van der Waals surface area contributed by atoms with Crippen LogP contribution in [0.2, 0.25) is 0 Å². The molecule has 0 N–H and O–H groups in total. The summed E-state index contributed by atoms with van der Waals surface area (Å²) in [4.78, 5) is -0.0512. The van der Waals surface area contributed by atoms with Gasteiger partial charge in [0.15, 0.2) is 0 Å². The predicted molar refractivity (Wildman–Crippen MR) is 70.8 cm³/mol. The van der Waals surface area contributed by atoms with Gasteiger partial charge in [-0.15, -0.1) is 11.6 Å². The Bertz CT molecular complexity index is 228. The topological polar surface area (TPSA) is 0 Å². The van der Waals surface area contributed by atoms with Gasteiger partial charge >= 0.3 is 0 Å². The first-order chi connectivity index (χ1) is 6.29. The van der Waals surface area contributed by atoms with E-state index in [9.17, 15) is 0 Å². The maximum atomic E-state index is 6.14. The van der Waals surface area contributed by atoms with Gasteiger partial charge in [0.2, 0.25) is 0 Å². The molecule has 0 saturated heterocycles. The largest absolute Gasteiger partial charge is 0.119 e. The van der Waals surface area contributed by atoms with E-state index in [2.05, 4.69) is 22.5 Å². The van der Waals surface area contributed by atoms with Crippen LogP contribution in [0, 0.1) is 0 Å². The van der Waals surface area contributed by atoms with Crippen LogP contribution in [0.4, 0.5) is 0 Å². The molecule has 0 nitrogen and oxygen atoms in total. The molecule has 0 aliphatic rings. The van der Waals surface area contributed by atoms with E-state index in [4.69, 9.17) is 34.8 Å². The summed E-state index contributed by atoms with van der Waals surface area (Å²) < 4.78 is 0. The third-order valence-corrected chi connectivity index (χ3v) is 4.53. The molecule has 14 heavy (non-hydrogen) atoms. The lowest BCUT2D eigenvalue weighted by Gasteiger charge is -2.23. The Morgan fingerprint density at radius 1 is 1.57 bits per heavy atom. The average molecular weight is 320 g/mol. The third-order valence-electron chi connectivity index (χ3n) is 1.89. The molecule has 0 fully saturated rings. The molecule has 0 aromatic carbocycles. The lowest BCUT2D eigenvalue weighted by Crippen LogP contribution is -2.24. The number of allylic oxidation sites excluding steroid dienone is 2. The fourth-order valence-electron chi connectivity index (χ4n) is 0.875. The highest BCUT2D eigenvalue weighted by molar-refractivity contribution is 9.09. The van der Waals surface area contributed by atoms with Crippen molar-refractivity contribution in [2.24, 2.45) is 0 Å². The zero-order valence-corrected chi connectivity index (χ0v) is 12.1. The number of alkyl halides is 2. The number of halogens is 4. The van der Waals surface area contributed by atoms with E-state index < -0.39 is 0 Å². The van der Waals surface area contributed by atoms with Crippen molar-refractivity contribution < 1.29 is 0 Å². The molecule has 0 aromatic heterocycles.